The highest BCUT2D eigenvalue weighted by molar-refractivity contribution is 5.99. The van der Waals surface area contributed by atoms with Gasteiger partial charge in [-0.1, -0.05) is 18.2 Å². The van der Waals surface area contributed by atoms with Gasteiger partial charge in [0.1, 0.15) is 5.69 Å². The molecule has 1 aromatic carbocycles. The van der Waals surface area contributed by atoms with E-state index in [1.165, 1.54) is 0 Å². The molecular formula is C19H23N5O2. The van der Waals surface area contributed by atoms with Crippen LogP contribution in [0.1, 0.15) is 28.5 Å². The second kappa shape index (κ2) is 6.84. The van der Waals surface area contributed by atoms with E-state index in [1.54, 1.807) is 13.3 Å². The Morgan fingerprint density at radius 1 is 1.42 bits per heavy atom. The van der Waals surface area contributed by atoms with Crippen LogP contribution in [-0.2, 0) is 11.3 Å². The van der Waals surface area contributed by atoms with Crippen LogP contribution >= 0.6 is 0 Å². The van der Waals surface area contributed by atoms with Gasteiger partial charge >= 0.3 is 0 Å². The van der Waals surface area contributed by atoms with Crippen molar-refractivity contribution in [2.45, 2.75) is 18.9 Å². The first kappa shape index (κ1) is 16.7. The van der Waals surface area contributed by atoms with Crippen molar-refractivity contribution in [2.24, 2.45) is 0 Å². The monoisotopic (exact) mass is 353 g/mol. The largest absolute Gasteiger partial charge is 0.396 e. The van der Waals surface area contributed by atoms with Crippen molar-refractivity contribution in [3.8, 4) is 0 Å². The van der Waals surface area contributed by atoms with Crippen molar-refractivity contribution in [1.29, 1.82) is 0 Å². The lowest BCUT2D eigenvalue weighted by Gasteiger charge is -2.18. The molecule has 26 heavy (non-hydrogen) atoms. The minimum atomic E-state index is 0.0536. The number of nitrogens with zero attached hydrogens (tertiary/aromatic N) is 3. The molecule has 7 heteroatoms. The van der Waals surface area contributed by atoms with Crippen molar-refractivity contribution in [1.82, 2.24) is 19.7 Å². The van der Waals surface area contributed by atoms with Crippen LogP contribution < -0.4 is 5.73 Å². The molecular weight excluding hydrogens is 330 g/mol. The van der Waals surface area contributed by atoms with Crippen LogP contribution in [0.3, 0.4) is 0 Å². The van der Waals surface area contributed by atoms with E-state index in [4.69, 9.17) is 10.5 Å². The van der Waals surface area contributed by atoms with Crippen LogP contribution in [0.2, 0.25) is 0 Å². The summed E-state index contributed by atoms with van der Waals surface area (Å²) in [6.07, 6.45) is 2.51. The van der Waals surface area contributed by atoms with Gasteiger partial charge in [-0.3, -0.25) is 9.89 Å². The number of carbonyl (C=O) groups excluding carboxylic acids is 1. The first-order valence-electron chi connectivity index (χ1n) is 8.84. The fourth-order valence-corrected chi connectivity index (χ4v) is 3.79. The van der Waals surface area contributed by atoms with E-state index in [9.17, 15) is 4.79 Å². The molecule has 1 unspecified atom stereocenters. The Morgan fingerprint density at radius 3 is 3.04 bits per heavy atom. The third-order valence-corrected chi connectivity index (χ3v) is 5.13. The number of rotatable bonds is 5. The number of aromatic nitrogens is 3. The van der Waals surface area contributed by atoms with Crippen LogP contribution in [0.4, 0.5) is 5.69 Å². The molecule has 2 aromatic heterocycles. The van der Waals surface area contributed by atoms with Crippen LogP contribution in [0.5, 0.6) is 0 Å². The van der Waals surface area contributed by atoms with Crippen LogP contribution in [0.25, 0.3) is 10.9 Å². The molecule has 0 bridgehead atoms. The quantitative estimate of drug-likeness (QED) is 0.736. The SMILES string of the molecule is COCCn1c(C(=O)N2CCC(c3[nH]ncc3N)C2)cc2ccccc21. The number of hydrogen-bond donors (Lipinski definition) is 2. The number of nitrogens with two attached hydrogens (primary N) is 1. The van der Waals surface area contributed by atoms with Gasteiger partial charge in [-0.25, -0.2) is 0 Å². The number of fused-ring (bicyclic) bond motifs is 1. The molecule has 0 aliphatic carbocycles. The highest BCUT2D eigenvalue weighted by Gasteiger charge is 2.31. The number of H-pyrrole nitrogens is 1. The molecule has 0 spiro atoms. The standard InChI is InChI=1S/C19H23N5O2/c1-26-9-8-24-16-5-3-2-4-13(16)10-17(24)19(25)23-7-6-14(12-23)18-15(20)11-21-22-18/h2-5,10-11,14H,6-9,12,20H2,1H3,(H,21,22). The summed E-state index contributed by atoms with van der Waals surface area (Å²) >= 11 is 0. The number of likely N-dealkylation sites (tertiary alicyclic amines) is 1. The van der Waals surface area contributed by atoms with Crippen molar-refractivity contribution >= 4 is 22.5 Å². The molecule has 1 saturated heterocycles. The van der Waals surface area contributed by atoms with Gasteiger partial charge in [0.05, 0.1) is 24.2 Å². The number of amides is 1. The predicted molar refractivity (Wildman–Crippen MR) is 100 cm³/mol. The van der Waals surface area contributed by atoms with Gasteiger partial charge in [0, 0.05) is 43.6 Å². The van der Waals surface area contributed by atoms with Crippen LogP contribution in [-0.4, -0.2) is 52.4 Å². The number of nitrogens with one attached hydrogen (secondary N) is 1. The van der Waals surface area contributed by atoms with E-state index in [-0.39, 0.29) is 11.8 Å². The van der Waals surface area contributed by atoms with Gasteiger partial charge < -0.3 is 19.9 Å². The summed E-state index contributed by atoms with van der Waals surface area (Å²) in [6.45, 7) is 2.58. The average Bonchev–Trinajstić information content (AvgIpc) is 3.37. The van der Waals surface area contributed by atoms with Crippen LogP contribution in [0.15, 0.2) is 36.5 Å². The van der Waals surface area contributed by atoms with Crippen molar-refractivity contribution in [3.05, 3.63) is 47.9 Å². The zero-order valence-electron chi connectivity index (χ0n) is 14.8. The lowest BCUT2D eigenvalue weighted by molar-refractivity contribution is 0.0778. The number of benzene rings is 1. The van der Waals surface area contributed by atoms with E-state index < -0.39 is 0 Å². The highest BCUT2D eigenvalue weighted by Crippen LogP contribution is 2.31. The highest BCUT2D eigenvalue weighted by atomic mass is 16.5. The Hall–Kier alpha value is -2.80. The number of carbonyl (C=O) groups is 1. The lowest BCUT2D eigenvalue weighted by atomic mass is 10.0. The molecule has 0 radical (unpaired) electrons. The van der Waals surface area contributed by atoms with Gasteiger partial charge in [-0.2, -0.15) is 5.10 Å². The molecule has 3 N–H and O–H groups in total. The maximum atomic E-state index is 13.2. The molecule has 7 nitrogen and oxygen atoms in total. The summed E-state index contributed by atoms with van der Waals surface area (Å²) in [6, 6.07) is 10.0. The zero-order chi connectivity index (χ0) is 18.1. The van der Waals surface area contributed by atoms with Gasteiger partial charge in [0.15, 0.2) is 0 Å². The zero-order valence-corrected chi connectivity index (χ0v) is 14.8. The third-order valence-electron chi connectivity index (χ3n) is 5.13. The normalized spacial score (nSPS) is 17.3. The van der Waals surface area contributed by atoms with E-state index >= 15 is 0 Å². The summed E-state index contributed by atoms with van der Waals surface area (Å²) < 4.78 is 7.29. The molecule has 3 aromatic rings. The van der Waals surface area contributed by atoms with E-state index in [2.05, 4.69) is 14.8 Å². The average molecular weight is 353 g/mol. The first-order chi connectivity index (χ1) is 12.7. The van der Waals surface area contributed by atoms with E-state index in [1.807, 2.05) is 35.2 Å². The number of aromatic amines is 1. The Balaban J connectivity index is 1.61. The predicted octanol–water partition coefficient (Wildman–Crippen LogP) is 2.22. The maximum absolute atomic E-state index is 13.2. The number of nitrogen functional groups attached to an aromatic ring is 1. The smallest absolute Gasteiger partial charge is 0.270 e. The van der Waals surface area contributed by atoms with Gasteiger partial charge in [-0.15, -0.1) is 0 Å². The van der Waals surface area contributed by atoms with E-state index in [0.29, 0.717) is 37.6 Å². The Morgan fingerprint density at radius 2 is 2.27 bits per heavy atom. The van der Waals surface area contributed by atoms with Crippen molar-refractivity contribution in [3.63, 3.8) is 0 Å². The second-order valence-electron chi connectivity index (χ2n) is 6.71. The van der Waals surface area contributed by atoms with Gasteiger partial charge in [-0.05, 0) is 18.6 Å². The summed E-state index contributed by atoms with van der Waals surface area (Å²) in [5, 5.41) is 8.04. The summed E-state index contributed by atoms with van der Waals surface area (Å²) in [4.78, 5) is 15.1. The molecule has 1 aliphatic rings. The third kappa shape index (κ3) is 2.84. The summed E-state index contributed by atoms with van der Waals surface area (Å²) in [7, 11) is 1.67. The lowest BCUT2D eigenvalue weighted by Crippen LogP contribution is -2.30. The minimum Gasteiger partial charge on any atom is -0.396 e. The number of anilines is 1. The number of methoxy groups -OCH3 is 1. The molecule has 1 atom stereocenters. The number of para-hydroxylation sites is 1. The van der Waals surface area contributed by atoms with Crippen molar-refractivity contribution in [2.75, 3.05) is 32.5 Å². The Kier molecular flexibility index (Phi) is 4.38. The van der Waals surface area contributed by atoms with Gasteiger partial charge in [0.25, 0.3) is 5.91 Å². The molecule has 1 amide bonds. The molecule has 4 rings (SSSR count). The topological polar surface area (TPSA) is 89.2 Å². The molecule has 0 saturated carbocycles. The van der Waals surface area contributed by atoms with E-state index in [0.717, 1.165) is 23.0 Å². The molecule has 136 valence electrons. The number of hydrogen-bond acceptors (Lipinski definition) is 4. The first-order valence-corrected chi connectivity index (χ1v) is 8.84. The summed E-state index contributed by atoms with van der Waals surface area (Å²) in [5.41, 5.74) is 9.33. The molecule has 3 heterocycles. The number of ether oxygens (including phenoxy) is 1. The van der Waals surface area contributed by atoms with Gasteiger partial charge in [0.2, 0.25) is 0 Å². The van der Waals surface area contributed by atoms with Crippen molar-refractivity contribution < 1.29 is 9.53 Å². The fourth-order valence-electron chi connectivity index (χ4n) is 3.79. The maximum Gasteiger partial charge on any atom is 0.270 e. The Labute approximate surface area is 151 Å². The molecule has 1 aliphatic heterocycles. The summed E-state index contributed by atoms with van der Waals surface area (Å²) in [5.74, 6) is 0.260. The molecule has 1 fully saturated rings. The second-order valence-corrected chi connectivity index (χ2v) is 6.71. The Bertz CT molecular complexity index is 929. The van der Waals surface area contributed by atoms with Crippen LogP contribution in [0, 0.1) is 0 Å². The fraction of sp³-hybridized carbons (Fsp3) is 0.368. The minimum absolute atomic E-state index is 0.0536.